The van der Waals surface area contributed by atoms with E-state index in [-0.39, 0.29) is 17.3 Å². The van der Waals surface area contributed by atoms with Crippen LogP contribution in [0.15, 0.2) is 48.7 Å². The second-order valence-corrected chi connectivity index (χ2v) is 5.70. The van der Waals surface area contributed by atoms with Gasteiger partial charge in [-0.05, 0) is 42.5 Å². The van der Waals surface area contributed by atoms with Gasteiger partial charge in [0.1, 0.15) is 11.6 Å². The second kappa shape index (κ2) is 7.45. The van der Waals surface area contributed by atoms with E-state index in [1.54, 1.807) is 30.3 Å². The summed E-state index contributed by atoms with van der Waals surface area (Å²) in [6.07, 6.45) is 1.54. The van der Waals surface area contributed by atoms with E-state index in [0.29, 0.717) is 22.1 Å². The van der Waals surface area contributed by atoms with Gasteiger partial charge < -0.3 is 14.8 Å². The molecule has 1 N–H and O–H groups in total. The summed E-state index contributed by atoms with van der Waals surface area (Å²) in [5, 5.41) is 7.39. The number of anilines is 1. The summed E-state index contributed by atoms with van der Waals surface area (Å²) in [6, 6.07) is 10.6. The minimum Gasteiger partial charge on any atom is -0.495 e. The first-order valence-electron chi connectivity index (χ1n) is 7.56. The van der Waals surface area contributed by atoms with Crippen LogP contribution in [0.1, 0.15) is 10.5 Å². The van der Waals surface area contributed by atoms with Crippen molar-refractivity contribution in [3.63, 3.8) is 0 Å². The van der Waals surface area contributed by atoms with Crippen LogP contribution in [0.3, 0.4) is 0 Å². The predicted octanol–water partition coefficient (Wildman–Crippen LogP) is 3.93. The SMILES string of the molecule is COc1ccc(Cl)cc1NC(=O)c1nn(-c2ccc(F)cc2)cc1OC. The molecule has 0 atom stereocenters. The highest BCUT2D eigenvalue weighted by atomic mass is 35.5. The van der Waals surface area contributed by atoms with Crippen LogP contribution in [0.25, 0.3) is 5.69 Å². The lowest BCUT2D eigenvalue weighted by Crippen LogP contribution is -2.14. The fourth-order valence-electron chi connectivity index (χ4n) is 2.35. The maximum atomic E-state index is 13.1. The zero-order valence-corrected chi connectivity index (χ0v) is 14.7. The number of benzene rings is 2. The van der Waals surface area contributed by atoms with Crippen LogP contribution < -0.4 is 14.8 Å². The molecule has 0 aliphatic heterocycles. The van der Waals surface area contributed by atoms with Crippen LogP contribution in [0, 0.1) is 5.82 Å². The number of amides is 1. The third-order valence-electron chi connectivity index (χ3n) is 3.62. The van der Waals surface area contributed by atoms with Crippen molar-refractivity contribution in [2.45, 2.75) is 0 Å². The van der Waals surface area contributed by atoms with E-state index < -0.39 is 5.91 Å². The molecule has 8 heteroatoms. The van der Waals surface area contributed by atoms with Crippen LogP contribution in [0.4, 0.5) is 10.1 Å². The lowest BCUT2D eigenvalue weighted by atomic mass is 10.2. The Morgan fingerprint density at radius 3 is 2.46 bits per heavy atom. The van der Waals surface area contributed by atoms with Crippen LogP contribution in [-0.4, -0.2) is 29.9 Å². The Morgan fingerprint density at radius 2 is 1.81 bits per heavy atom. The Bertz CT molecular complexity index is 941. The predicted molar refractivity (Wildman–Crippen MR) is 96.0 cm³/mol. The Labute approximate surface area is 154 Å². The quantitative estimate of drug-likeness (QED) is 0.733. The fourth-order valence-corrected chi connectivity index (χ4v) is 2.52. The number of carbonyl (C=O) groups excluding carboxylic acids is 1. The van der Waals surface area contributed by atoms with E-state index >= 15 is 0 Å². The molecule has 3 aromatic rings. The Kier molecular flexibility index (Phi) is 5.09. The highest BCUT2D eigenvalue weighted by Crippen LogP contribution is 2.29. The monoisotopic (exact) mass is 375 g/mol. The molecule has 3 rings (SSSR count). The normalized spacial score (nSPS) is 10.5. The first-order valence-corrected chi connectivity index (χ1v) is 7.94. The molecule has 1 aromatic heterocycles. The fraction of sp³-hybridized carbons (Fsp3) is 0.111. The van der Waals surface area contributed by atoms with Crippen molar-refractivity contribution in [3.05, 3.63) is 65.2 Å². The van der Waals surface area contributed by atoms with Gasteiger partial charge >= 0.3 is 0 Å². The van der Waals surface area contributed by atoms with Crippen molar-refractivity contribution in [2.75, 3.05) is 19.5 Å². The number of nitrogens with zero attached hydrogens (tertiary/aromatic N) is 2. The topological polar surface area (TPSA) is 65.4 Å². The molecule has 26 heavy (non-hydrogen) atoms. The Hall–Kier alpha value is -3.06. The van der Waals surface area contributed by atoms with Crippen LogP contribution in [-0.2, 0) is 0 Å². The smallest absolute Gasteiger partial charge is 0.280 e. The van der Waals surface area contributed by atoms with Crippen molar-refractivity contribution in [1.29, 1.82) is 0 Å². The van der Waals surface area contributed by atoms with Crippen LogP contribution >= 0.6 is 11.6 Å². The van der Waals surface area contributed by atoms with Gasteiger partial charge in [-0.2, -0.15) is 5.10 Å². The number of carbonyl (C=O) groups is 1. The Morgan fingerprint density at radius 1 is 1.12 bits per heavy atom. The van der Waals surface area contributed by atoms with E-state index in [9.17, 15) is 9.18 Å². The summed E-state index contributed by atoms with van der Waals surface area (Å²) in [4.78, 5) is 12.6. The molecule has 0 saturated heterocycles. The first kappa shape index (κ1) is 17.8. The van der Waals surface area contributed by atoms with E-state index in [0.717, 1.165) is 0 Å². The second-order valence-electron chi connectivity index (χ2n) is 5.27. The van der Waals surface area contributed by atoms with Gasteiger partial charge in [0.25, 0.3) is 5.91 Å². The van der Waals surface area contributed by atoms with E-state index in [1.807, 2.05) is 0 Å². The van der Waals surface area contributed by atoms with E-state index in [1.165, 1.54) is 37.2 Å². The maximum absolute atomic E-state index is 13.1. The van der Waals surface area contributed by atoms with E-state index in [4.69, 9.17) is 21.1 Å². The van der Waals surface area contributed by atoms with Gasteiger partial charge in [0.05, 0.1) is 31.8 Å². The molecule has 0 aliphatic rings. The molecule has 0 radical (unpaired) electrons. The number of hydrogen-bond donors (Lipinski definition) is 1. The van der Waals surface area contributed by atoms with Gasteiger partial charge in [0.2, 0.25) is 0 Å². The number of nitrogens with one attached hydrogen (secondary N) is 1. The number of hydrogen-bond acceptors (Lipinski definition) is 4. The molecule has 6 nitrogen and oxygen atoms in total. The summed E-state index contributed by atoms with van der Waals surface area (Å²) in [6.45, 7) is 0. The molecular formula is C18H15ClFN3O3. The summed E-state index contributed by atoms with van der Waals surface area (Å²) >= 11 is 5.98. The standard InChI is InChI=1S/C18H15ClFN3O3/c1-25-15-8-3-11(19)9-14(15)21-18(24)17-16(26-2)10-23(22-17)13-6-4-12(20)5-7-13/h3-10H,1-2H3,(H,21,24). The van der Waals surface area contributed by atoms with Crippen molar-refractivity contribution >= 4 is 23.2 Å². The molecule has 0 spiro atoms. The van der Waals surface area contributed by atoms with Gasteiger partial charge in [-0.3, -0.25) is 4.79 Å². The molecule has 0 bridgehead atoms. The lowest BCUT2D eigenvalue weighted by Gasteiger charge is -2.10. The molecule has 0 saturated carbocycles. The minimum atomic E-state index is -0.497. The third kappa shape index (κ3) is 3.62. The van der Waals surface area contributed by atoms with Crippen LogP contribution in [0.2, 0.25) is 5.02 Å². The summed E-state index contributed by atoms with van der Waals surface area (Å²) in [5.74, 6) is -0.130. The average Bonchev–Trinajstić information content (AvgIpc) is 3.07. The number of rotatable bonds is 5. The van der Waals surface area contributed by atoms with Gasteiger partial charge in [-0.15, -0.1) is 0 Å². The Balaban J connectivity index is 1.92. The molecule has 0 fully saturated rings. The minimum absolute atomic E-state index is 0.0684. The summed E-state index contributed by atoms with van der Waals surface area (Å²) in [7, 11) is 2.92. The zero-order valence-electron chi connectivity index (χ0n) is 14.0. The van der Waals surface area contributed by atoms with Gasteiger partial charge in [-0.25, -0.2) is 9.07 Å². The number of halogens is 2. The molecule has 0 aliphatic carbocycles. The van der Waals surface area contributed by atoms with Gasteiger partial charge in [-0.1, -0.05) is 11.6 Å². The number of aromatic nitrogens is 2. The summed E-state index contributed by atoms with van der Waals surface area (Å²) < 4.78 is 25.0. The van der Waals surface area contributed by atoms with Crippen LogP contribution in [0.5, 0.6) is 11.5 Å². The molecular weight excluding hydrogens is 361 g/mol. The highest BCUT2D eigenvalue weighted by Gasteiger charge is 2.20. The molecule has 0 unspecified atom stereocenters. The average molecular weight is 376 g/mol. The zero-order chi connectivity index (χ0) is 18.7. The molecule has 1 heterocycles. The maximum Gasteiger partial charge on any atom is 0.280 e. The third-order valence-corrected chi connectivity index (χ3v) is 3.85. The molecule has 2 aromatic carbocycles. The van der Waals surface area contributed by atoms with Gasteiger partial charge in [0, 0.05) is 5.02 Å². The first-order chi connectivity index (χ1) is 12.5. The summed E-state index contributed by atoms with van der Waals surface area (Å²) in [5.41, 5.74) is 1.06. The highest BCUT2D eigenvalue weighted by molar-refractivity contribution is 6.31. The van der Waals surface area contributed by atoms with Gasteiger partial charge in [0.15, 0.2) is 11.4 Å². The molecule has 1 amide bonds. The number of ether oxygens (including phenoxy) is 2. The molecule has 134 valence electrons. The lowest BCUT2D eigenvalue weighted by molar-refractivity contribution is 0.101. The van der Waals surface area contributed by atoms with Crippen molar-refractivity contribution in [3.8, 4) is 17.2 Å². The largest absolute Gasteiger partial charge is 0.495 e. The van der Waals surface area contributed by atoms with E-state index in [2.05, 4.69) is 10.4 Å². The van der Waals surface area contributed by atoms with Crippen molar-refractivity contribution in [1.82, 2.24) is 9.78 Å². The van der Waals surface area contributed by atoms with Crippen molar-refractivity contribution in [2.24, 2.45) is 0 Å². The number of methoxy groups -OCH3 is 2. The van der Waals surface area contributed by atoms with Crippen molar-refractivity contribution < 1.29 is 18.7 Å².